The van der Waals surface area contributed by atoms with E-state index in [4.69, 9.17) is 34.0 Å². The van der Waals surface area contributed by atoms with Crippen molar-refractivity contribution in [1.29, 1.82) is 0 Å². The Morgan fingerprint density at radius 2 is 1.58 bits per heavy atom. The van der Waals surface area contributed by atoms with Crippen LogP contribution in [0.25, 0.3) is 0 Å². The number of thiocarbonyl (C=S) groups is 2. The number of methoxy groups -OCH3 is 1. The second-order valence-corrected chi connectivity index (χ2v) is 2.92. The first kappa shape index (κ1) is 11.4. The summed E-state index contributed by atoms with van der Waals surface area (Å²) in [5.41, 5.74) is 0. The Kier molecular flexibility index (Phi) is 4.84. The normalized spacial score (nSPS) is 8.67. The van der Waals surface area contributed by atoms with Gasteiger partial charge in [-0.15, -0.1) is 0 Å². The van der Waals surface area contributed by atoms with Crippen LogP contribution in [-0.4, -0.2) is 48.6 Å². The first-order valence-electron chi connectivity index (χ1n) is 3.20. The molecule has 0 radical (unpaired) electrons. The van der Waals surface area contributed by atoms with E-state index in [9.17, 15) is 0 Å². The fourth-order valence-electron chi connectivity index (χ4n) is 0.365. The molecular formula is C6H12N2O2S2. The van der Waals surface area contributed by atoms with Gasteiger partial charge in [0.05, 0.1) is 7.11 Å². The summed E-state index contributed by atoms with van der Waals surface area (Å²) in [6.07, 6.45) is 0. The quantitative estimate of drug-likeness (QED) is 0.428. The van der Waals surface area contributed by atoms with Gasteiger partial charge in [-0.3, -0.25) is 0 Å². The van der Waals surface area contributed by atoms with Gasteiger partial charge < -0.3 is 14.5 Å². The molecule has 4 nitrogen and oxygen atoms in total. The van der Waals surface area contributed by atoms with Crippen LogP contribution in [0, 0.1) is 0 Å². The molecule has 12 heavy (non-hydrogen) atoms. The molecule has 0 unspecified atom stereocenters. The van der Waals surface area contributed by atoms with Crippen molar-refractivity contribution in [2.75, 3.05) is 28.3 Å². The summed E-state index contributed by atoms with van der Waals surface area (Å²) >= 11 is 9.65. The number of rotatable bonds is 0. The standard InChI is InChI=1S/C6H12N2O2S2/c1-7(2)5(11)10-8(3)6(12)9-4/h1-4H3. The first-order chi connectivity index (χ1) is 5.49. The summed E-state index contributed by atoms with van der Waals surface area (Å²) in [5, 5.41) is 1.86. The van der Waals surface area contributed by atoms with Crippen molar-refractivity contribution in [2.24, 2.45) is 0 Å². The maximum absolute atomic E-state index is 5.09. The van der Waals surface area contributed by atoms with E-state index in [1.54, 1.807) is 26.0 Å². The Balaban J connectivity index is 3.92. The Morgan fingerprint density at radius 1 is 1.08 bits per heavy atom. The minimum atomic E-state index is 0.235. The number of hydrogen-bond donors (Lipinski definition) is 0. The average Bonchev–Trinajstić information content (AvgIpc) is 2.02. The minimum Gasteiger partial charge on any atom is -0.472 e. The lowest BCUT2D eigenvalue weighted by Crippen LogP contribution is -2.34. The topological polar surface area (TPSA) is 24.9 Å². The summed E-state index contributed by atoms with van der Waals surface area (Å²) in [6.45, 7) is 0. The third-order valence-corrected chi connectivity index (χ3v) is 1.88. The van der Waals surface area contributed by atoms with E-state index in [1.807, 2.05) is 0 Å². The highest BCUT2D eigenvalue weighted by atomic mass is 32.1. The molecule has 0 aromatic heterocycles. The van der Waals surface area contributed by atoms with Gasteiger partial charge in [-0.2, -0.15) is 5.06 Å². The Bertz CT molecular complexity index is 184. The Labute approximate surface area is 83.0 Å². The molecule has 0 aromatic rings. The number of ether oxygens (including phenoxy) is 1. The summed E-state index contributed by atoms with van der Waals surface area (Å²) in [7, 11) is 6.67. The summed E-state index contributed by atoms with van der Waals surface area (Å²) in [6, 6.07) is 0. The first-order valence-corrected chi connectivity index (χ1v) is 4.01. The molecule has 0 atom stereocenters. The van der Waals surface area contributed by atoms with Gasteiger partial charge in [0.2, 0.25) is 0 Å². The van der Waals surface area contributed by atoms with Crippen molar-refractivity contribution in [3.63, 3.8) is 0 Å². The predicted molar refractivity (Wildman–Crippen MR) is 54.7 cm³/mol. The number of hydroxylamine groups is 2. The molecule has 0 spiro atoms. The third kappa shape index (κ3) is 3.68. The fourth-order valence-corrected chi connectivity index (χ4v) is 0.514. The molecule has 0 fully saturated rings. The molecule has 70 valence electrons. The zero-order chi connectivity index (χ0) is 9.72. The van der Waals surface area contributed by atoms with Crippen LogP contribution in [0.5, 0.6) is 0 Å². The monoisotopic (exact) mass is 208 g/mol. The molecule has 6 heteroatoms. The summed E-state index contributed by atoms with van der Waals surface area (Å²) in [4.78, 5) is 6.75. The van der Waals surface area contributed by atoms with Crippen molar-refractivity contribution in [2.45, 2.75) is 0 Å². The van der Waals surface area contributed by atoms with Crippen LogP contribution in [-0.2, 0) is 9.57 Å². The van der Waals surface area contributed by atoms with Crippen LogP contribution in [0.4, 0.5) is 0 Å². The highest BCUT2D eigenvalue weighted by Gasteiger charge is 2.08. The van der Waals surface area contributed by atoms with Gasteiger partial charge >= 0.3 is 0 Å². The zero-order valence-corrected chi connectivity index (χ0v) is 9.16. The molecule has 0 amide bonds. The summed E-state index contributed by atoms with van der Waals surface area (Å²) in [5.74, 6) is 0. The van der Waals surface area contributed by atoms with Gasteiger partial charge in [-0.1, -0.05) is 0 Å². The Hall–Kier alpha value is -0.620. The maximum Gasteiger partial charge on any atom is 0.292 e. The smallest absolute Gasteiger partial charge is 0.292 e. The highest BCUT2D eigenvalue weighted by molar-refractivity contribution is 7.80. The van der Waals surface area contributed by atoms with Crippen molar-refractivity contribution in [3.05, 3.63) is 0 Å². The predicted octanol–water partition coefficient (Wildman–Crippen LogP) is 0.628. The van der Waals surface area contributed by atoms with Crippen LogP contribution in [0.3, 0.4) is 0 Å². The van der Waals surface area contributed by atoms with Gasteiger partial charge in [0.25, 0.3) is 10.3 Å². The Morgan fingerprint density at radius 3 is 1.92 bits per heavy atom. The van der Waals surface area contributed by atoms with E-state index in [0.29, 0.717) is 5.17 Å². The number of nitrogens with zero attached hydrogens (tertiary/aromatic N) is 2. The van der Waals surface area contributed by atoms with Gasteiger partial charge in [0, 0.05) is 21.1 Å². The lowest BCUT2D eigenvalue weighted by molar-refractivity contribution is 0.000938. The van der Waals surface area contributed by atoms with E-state index in [0.717, 1.165) is 0 Å². The molecule has 0 aromatic carbocycles. The summed E-state index contributed by atoms with van der Waals surface area (Å²) < 4.78 is 4.75. The molecule has 0 heterocycles. The van der Waals surface area contributed by atoms with E-state index in [1.165, 1.54) is 12.2 Å². The molecule has 0 aliphatic heterocycles. The lowest BCUT2D eigenvalue weighted by Gasteiger charge is -2.21. The molecular weight excluding hydrogens is 196 g/mol. The number of hydrogen-bond acceptors (Lipinski definition) is 4. The average molecular weight is 208 g/mol. The molecule has 0 saturated carbocycles. The molecule has 0 aliphatic carbocycles. The van der Waals surface area contributed by atoms with Gasteiger partial charge in [-0.05, 0) is 24.4 Å². The molecule has 0 saturated heterocycles. The van der Waals surface area contributed by atoms with E-state index in [2.05, 4.69) is 0 Å². The second-order valence-electron chi connectivity index (χ2n) is 2.22. The maximum atomic E-state index is 5.09. The van der Waals surface area contributed by atoms with Crippen molar-refractivity contribution < 1.29 is 9.57 Å². The van der Waals surface area contributed by atoms with Crippen molar-refractivity contribution >= 4 is 34.8 Å². The molecule has 0 aliphatic rings. The van der Waals surface area contributed by atoms with Crippen LogP contribution in [0.15, 0.2) is 0 Å². The van der Waals surface area contributed by atoms with Gasteiger partial charge in [0.15, 0.2) is 0 Å². The molecule has 0 bridgehead atoms. The lowest BCUT2D eigenvalue weighted by atomic mass is 10.9. The highest BCUT2D eigenvalue weighted by Crippen LogP contribution is 1.94. The largest absolute Gasteiger partial charge is 0.472 e. The van der Waals surface area contributed by atoms with Crippen LogP contribution in [0.1, 0.15) is 0 Å². The SMILES string of the molecule is COC(=S)N(C)OC(=S)N(C)C. The molecule has 0 rings (SSSR count). The van der Waals surface area contributed by atoms with Crippen LogP contribution >= 0.6 is 24.4 Å². The van der Waals surface area contributed by atoms with Crippen LogP contribution in [0.2, 0.25) is 0 Å². The van der Waals surface area contributed by atoms with E-state index >= 15 is 0 Å². The van der Waals surface area contributed by atoms with E-state index in [-0.39, 0.29) is 5.17 Å². The molecule has 0 N–H and O–H groups in total. The van der Waals surface area contributed by atoms with Gasteiger partial charge in [0.1, 0.15) is 0 Å². The van der Waals surface area contributed by atoms with E-state index < -0.39 is 0 Å². The van der Waals surface area contributed by atoms with Crippen molar-refractivity contribution in [3.8, 4) is 0 Å². The minimum absolute atomic E-state index is 0.235. The zero-order valence-electron chi connectivity index (χ0n) is 7.53. The van der Waals surface area contributed by atoms with Crippen LogP contribution < -0.4 is 0 Å². The second kappa shape index (κ2) is 5.10. The van der Waals surface area contributed by atoms with Gasteiger partial charge in [-0.25, -0.2) is 0 Å². The van der Waals surface area contributed by atoms with Crippen molar-refractivity contribution in [1.82, 2.24) is 9.96 Å². The fraction of sp³-hybridized carbons (Fsp3) is 0.667. The third-order valence-electron chi connectivity index (χ3n) is 1.01.